The molecular formula is C41H40O5. The summed E-state index contributed by atoms with van der Waals surface area (Å²) in [6, 6.07) is 50.9. The van der Waals surface area contributed by atoms with Crippen LogP contribution in [-0.2, 0) is 50.1 Å². The zero-order valence-corrected chi connectivity index (χ0v) is 25.9. The van der Waals surface area contributed by atoms with Crippen molar-refractivity contribution in [2.75, 3.05) is 6.61 Å². The molecule has 0 aromatic heterocycles. The van der Waals surface area contributed by atoms with E-state index in [0.29, 0.717) is 38.8 Å². The number of hydrogen-bond donors (Lipinski definition) is 0. The van der Waals surface area contributed by atoms with Crippen molar-refractivity contribution in [3.8, 4) is 0 Å². The van der Waals surface area contributed by atoms with Gasteiger partial charge in [0.15, 0.2) is 6.10 Å². The second kappa shape index (κ2) is 16.7. The molecule has 0 radical (unpaired) electrons. The van der Waals surface area contributed by atoms with Gasteiger partial charge in [0, 0.05) is 0 Å². The maximum absolute atomic E-state index is 6.82. The summed E-state index contributed by atoms with van der Waals surface area (Å²) in [5.74, 6) is 0.688. The van der Waals surface area contributed by atoms with E-state index in [1.54, 1.807) is 0 Å². The summed E-state index contributed by atoms with van der Waals surface area (Å²) in [4.78, 5) is 0. The van der Waals surface area contributed by atoms with Gasteiger partial charge in [-0.25, -0.2) is 0 Å². The predicted molar refractivity (Wildman–Crippen MR) is 180 cm³/mol. The summed E-state index contributed by atoms with van der Waals surface area (Å²) in [7, 11) is 0. The normalized spacial score (nSPS) is 20.3. The first-order valence-corrected chi connectivity index (χ1v) is 15.8. The molecule has 234 valence electrons. The van der Waals surface area contributed by atoms with Crippen LogP contribution in [0.2, 0.25) is 0 Å². The highest BCUT2D eigenvalue weighted by molar-refractivity contribution is 5.52. The van der Waals surface area contributed by atoms with Crippen LogP contribution in [0.15, 0.2) is 157 Å². The number of hydrogen-bond acceptors (Lipinski definition) is 5. The van der Waals surface area contributed by atoms with Gasteiger partial charge in [-0.2, -0.15) is 0 Å². The fourth-order valence-corrected chi connectivity index (χ4v) is 5.54. The van der Waals surface area contributed by atoms with Crippen molar-refractivity contribution in [3.63, 3.8) is 0 Å². The van der Waals surface area contributed by atoms with E-state index in [4.69, 9.17) is 23.7 Å². The van der Waals surface area contributed by atoms with E-state index in [1.807, 2.05) is 97.1 Å². The zero-order chi connectivity index (χ0) is 31.2. The van der Waals surface area contributed by atoms with Crippen molar-refractivity contribution in [2.45, 2.75) is 50.8 Å². The van der Waals surface area contributed by atoms with E-state index in [0.717, 1.165) is 27.8 Å². The van der Waals surface area contributed by atoms with Crippen molar-refractivity contribution >= 4 is 6.08 Å². The summed E-state index contributed by atoms with van der Waals surface area (Å²) in [5.41, 5.74) is 5.32. The SMILES string of the molecule is C(=C1/O[C@H](COCc2ccccc2)[C@H](OCc2ccccc2)[C@H](OCc2ccccc2)[C@H]1OCc1ccccc1)/c1ccccc1. The van der Waals surface area contributed by atoms with Gasteiger partial charge in [0.1, 0.15) is 24.1 Å². The predicted octanol–water partition coefficient (Wildman–Crippen LogP) is 8.40. The average molecular weight is 613 g/mol. The molecule has 1 heterocycles. The second-order valence-corrected chi connectivity index (χ2v) is 11.4. The summed E-state index contributed by atoms with van der Waals surface area (Å²) < 4.78 is 33.4. The summed E-state index contributed by atoms with van der Waals surface area (Å²) in [6.45, 7) is 1.98. The van der Waals surface area contributed by atoms with Gasteiger partial charge < -0.3 is 23.7 Å². The smallest absolute Gasteiger partial charge is 0.150 e. The number of rotatable bonds is 14. The van der Waals surface area contributed by atoms with E-state index in [2.05, 4.69) is 60.7 Å². The molecule has 0 N–H and O–H groups in total. The molecule has 4 atom stereocenters. The molecule has 5 nitrogen and oxygen atoms in total. The molecule has 0 spiro atoms. The Labute approximate surface area is 272 Å². The fraction of sp³-hybridized carbons (Fsp3) is 0.220. The molecule has 5 aromatic carbocycles. The van der Waals surface area contributed by atoms with Crippen molar-refractivity contribution in [3.05, 3.63) is 185 Å². The minimum atomic E-state index is -0.532. The van der Waals surface area contributed by atoms with Crippen molar-refractivity contribution in [1.29, 1.82) is 0 Å². The van der Waals surface area contributed by atoms with Gasteiger partial charge in [-0.1, -0.05) is 152 Å². The van der Waals surface area contributed by atoms with Crippen LogP contribution < -0.4 is 0 Å². The third-order valence-corrected chi connectivity index (χ3v) is 7.90. The fourth-order valence-electron chi connectivity index (χ4n) is 5.54. The topological polar surface area (TPSA) is 46.2 Å². The highest BCUT2D eigenvalue weighted by Gasteiger charge is 2.46. The van der Waals surface area contributed by atoms with E-state index < -0.39 is 24.4 Å². The van der Waals surface area contributed by atoms with Crippen LogP contribution in [0.1, 0.15) is 27.8 Å². The Bertz CT molecular complexity index is 1590. The summed E-state index contributed by atoms with van der Waals surface area (Å²) >= 11 is 0. The van der Waals surface area contributed by atoms with Gasteiger partial charge in [0.2, 0.25) is 0 Å². The van der Waals surface area contributed by atoms with Crippen LogP contribution in [0.25, 0.3) is 6.08 Å². The van der Waals surface area contributed by atoms with Crippen LogP contribution in [0.4, 0.5) is 0 Å². The van der Waals surface area contributed by atoms with E-state index >= 15 is 0 Å². The molecule has 46 heavy (non-hydrogen) atoms. The summed E-state index contributed by atoms with van der Waals surface area (Å²) in [6.07, 6.45) is 0.108. The Morgan fingerprint density at radius 1 is 0.457 bits per heavy atom. The van der Waals surface area contributed by atoms with Crippen LogP contribution in [0.5, 0.6) is 0 Å². The van der Waals surface area contributed by atoms with Crippen molar-refractivity contribution < 1.29 is 23.7 Å². The lowest BCUT2D eigenvalue weighted by atomic mass is 9.95. The monoisotopic (exact) mass is 612 g/mol. The van der Waals surface area contributed by atoms with Crippen LogP contribution >= 0.6 is 0 Å². The minimum absolute atomic E-state index is 0.317. The van der Waals surface area contributed by atoms with Crippen LogP contribution in [0, 0.1) is 0 Å². The maximum Gasteiger partial charge on any atom is 0.150 e. The quantitative estimate of drug-likeness (QED) is 0.126. The Hall–Kier alpha value is -4.52. The van der Waals surface area contributed by atoms with Gasteiger partial charge in [0.05, 0.1) is 33.0 Å². The first-order chi connectivity index (χ1) is 22.8. The highest BCUT2D eigenvalue weighted by atomic mass is 16.6. The van der Waals surface area contributed by atoms with E-state index in [-0.39, 0.29) is 0 Å². The molecule has 1 aliphatic heterocycles. The summed E-state index contributed by atoms with van der Waals surface area (Å²) in [5, 5.41) is 0. The average Bonchev–Trinajstić information content (AvgIpc) is 3.12. The Balaban J connectivity index is 1.34. The lowest BCUT2D eigenvalue weighted by molar-refractivity contribution is -0.222. The molecule has 0 amide bonds. The number of ether oxygens (including phenoxy) is 5. The van der Waals surface area contributed by atoms with Crippen LogP contribution in [0.3, 0.4) is 0 Å². The van der Waals surface area contributed by atoms with Gasteiger partial charge in [-0.05, 0) is 33.9 Å². The Morgan fingerprint density at radius 2 is 0.870 bits per heavy atom. The second-order valence-electron chi connectivity index (χ2n) is 11.4. The molecule has 1 fully saturated rings. The first kappa shape index (κ1) is 31.5. The molecule has 0 bridgehead atoms. The molecule has 0 unspecified atom stereocenters. The van der Waals surface area contributed by atoms with Crippen molar-refractivity contribution in [1.82, 2.24) is 0 Å². The van der Waals surface area contributed by atoms with Gasteiger partial charge in [0.25, 0.3) is 0 Å². The standard InChI is InChI=1S/C41H40O5/c1-6-16-32(17-7-1)26-37-39(43-28-34-20-10-3-11-21-34)41(45-30-36-24-14-5-15-25-36)40(44-29-35-22-12-4-13-23-35)38(46-37)31-42-27-33-18-8-2-9-19-33/h1-26,38-41H,27-31H2/b37-26-/t38-,39+,40+,41-/m1/s1. The Kier molecular flexibility index (Phi) is 11.4. The van der Waals surface area contributed by atoms with Crippen LogP contribution in [-0.4, -0.2) is 31.0 Å². The lowest BCUT2D eigenvalue weighted by Crippen LogP contribution is -2.56. The van der Waals surface area contributed by atoms with Gasteiger partial charge >= 0.3 is 0 Å². The molecular weight excluding hydrogens is 572 g/mol. The third kappa shape index (κ3) is 9.03. The molecule has 1 aliphatic rings. The number of benzene rings is 5. The largest absolute Gasteiger partial charge is 0.487 e. The highest BCUT2D eigenvalue weighted by Crippen LogP contribution is 2.34. The minimum Gasteiger partial charge on any atom is -0.487 e. The molecule has 1 saturated heterocycles. The molecule has 5 aromatic rings. The van der Waals surface area contributed by atoms with E-state index in [1.165, 1.54) is 0 Å². The molecule has 0 saturated carbocycles. The molecule has 6 rings (SSSR count). The maximum atomic E-state index is 6.82. The molecule has 0 aliphatic carbocycles. The zero-order valence-electron chi connectivity index (χ0n) is 25.9. The van der Waals surface area contributed by atoms with E-state index in [9.17, 15) is 0 Å². The first-order valence-electron chi connectivity index (χ1n) is 15.8. The van der Waals surface area contributed by atoms with Crippen molar-refractivity contribution in [2.24, 2.45) is 0 Å². The third-order valence-electron chi connectivity index (χ3n) is 7.90. The lowest BCUT2D eigenvalue weighted by Gasteiger charge is -2.43. The molecule has 5 heteroatoms. The van der Waals surface area contributed by atoms with Gasteiger partial charge in [-0.15, -0.1) is 0 Å². The van der Waals surface area contributed by atoms with Gasteiger partial charge in [-0.3, -0.25) is 0 Å². The Morgan fingerprint density at radius 3 is 1.37 bits per heavy atom.